The van der Waals surface area contributed by atoms with Gasteiger partial charge in [-0.1, -0.05) is 18.2 Å². The van der Waals surface area contributed by atoms with Crippen molar-refractivity contribution in [3.8, 4) is 0 Å². The summed E-state index contributed by atoms with van der Waals surface area (Å²) in [4.78, 5) is 23.3. The molecule has 0 unspecified atom stereocenters. The van der Waals surface area contributed by atoms with Gasteiger partial charge in [-0.15, -0.1) is 0 Å². The van der Waals surface area contributed by atoms with Gasteiger partial charge >= 0.3 is 0 Å². The van der Waals surface area contributed by atoms with Gasteiger partial charge in [0.2, 0.25) is 15.9 Å². The van der Waals surface area contributed by atoms with Gasteiger partial charge in [-0.2, -0.15) is 0 Å². The van der Waals surface area contributed by atoms with Gasteiger partial charge < -0.3 is 10.6 Å². The fourth-order valence-corrected chi connectivity index (χ4v) is 2.80. The molecular formula is C18H21N3O4S. The zero-order valence-electron chi connectivity index (χ0n) is 14.6. The average Bonchev–Trinajstić information content (AvgIpc) is 2.60. The second kappa shape index (κ2) is 8.48. The number of amides is 2. The topological polar surface area (TPSA) is 104 Å². The molecule has 2 aromatic carbocycles. The van der Waals surface area contributed by atoms with Crippen LogP contribution in [0.5, 0.6) is 0 Å². The van der Waals surface area contributed by atoms with Crippen LogP contribution in [0.4, 0.5) is 11.4 Å². The minimum atomic E-state index is -3.39. The van der Waals surface area contributed by atoms with Crippen molar-refractivity contribution in [2.45, 2.75) is 20.4 Å². The van der Waals surface area contributed by atoms with Crippen LogP contribution in [-0.4, -0.2) is 26.0 Å². The molecule has 2 aromatic rings. The first-order chi connectivity index (χ1) is 12.3. The Labute approximate surface area is 152 Å². The Morgan fingerprint density at radius 3 is 2.31 bits per heavy atom. The van der Waals surface area contributed by atoms with Gasteiger partial charge in [-0.25, -0.2) is 8.42 Å². The smallest absolute Gasteiger partial charge is 0.251 e. The second-order valence-electron chi connectivity index (χ2n) is 5.65. The Morgan fingerprint density at radius 2 is 1.69 bits per heavy atom. The highest BCUT2D eigenvalue weighted by atomic mass is 32.2. The molecule has 26 heavy (non-hydrogen) atoms. The van der Waals surface area contributed by atoms with Crippen molar-refractivity contribution in [2.24, 2.45) is 0 Å². The molecule has 3 N–H and O–H groups in total. The number of hydrogen-bond donors (Lipinski definition) is 3. The van der Waals surface area contributed by atoms with Gasteiger partial charge in [0.25, 0.3) is 5.91 Å². The van der Waals surface area contributed by atoms with Crippen molar-refractivity contribution in [2.75, 3.05) is 15.8 Å². The molecule has 0 bridgehead atoms. The highest BCUT2D eigenvalue weighted by Gasteiger charge is 2.10. The zero-order valence-corrected chi connectivity index (χ0v) is 15.4. The van der Waals surface area contributed by atoms with E-state index in [1.54, 1.807) is 42.5 Å². The maximum Gasteiger partial charge on any atom is 0.251 e. The van der Waals surface area contributed by atoms with Crippen molar-refractivity contribution in [3.05, 3.63) is 59.7 Å². The van der Waals surface area contributed by atoms with Gasteiger partial charge in [0.1, 0.15) is 0 Å². The Bertz CT molecular complexity index is 893. The molecule has 0 aromatic heterocycles. The molecule has 0 aliphatic rings. The third-order valence-electron chi connectivity index (χ3n) is 3.51. The molecule has 0 saturated carbocycles. The fraction of sp³-hybridized carbons (Fsp3) is 0.222. The number of sulfonamides is 1. The SMILES string of the molecule is CCS(=O)(=O)Nc1cccc(C(=O)NCc2ccc(NC(C)=O)cc2)c1. The minimum absolute atomic E-state index is 0.0437. The van der Waals surface area contributed by atoms with Gasteiger partial charge in [0.05, 0.1) is 5.75 Å². The first-order valence-corrected chi connectivity index (χ1v) is 9.69. The molecule has 7 nitrogen and oxygen atoms in total. The van der Waals surface area contributed by atoms with E-state index in [4.69, 9.17) is 0 Å². The van der Waals surface area contributed by atoms with Crippen molar-refractivity contribution < 1.29 is 18.0 Å². The summed E-state index contributed by atoms with van der Waals surface area (Å²) >= 11 is 0. The number of carbonyl (C=O) groups excluding carboxylic acids is 2. The lowest BCUT2D eigenvalue weighted by atomic mass is 10.1. The van der Waals surface area contributed by atoms with Crippen molar-refractivity contribution in [1.82, 2.24) is 5.32 Å². The molecule has 0 atom stereocenters. The van der Waals surface area contributed by atoms with Crippen LogP contribution in [0.15, 0.2) is 48.5 Å². The predicted molar refractivity (Wildman–Crippen MR) is 101 cm³/mol. The molecule has 2 rings (SSSR count). The van der Waals surface area contributed by atoms with Gasteiger partial charge in [-0.3, -0.25) is 14.3 Å². The number of hydrogen-bond acceptors (Lipinski definition) is 4. The Hall–Kier alpha value is -2.87. The number of anilines is 2. The lowest BCUT2D eigenvalue weighted by molar-refractivity contribution is -0.114. The van der Waals surface area contributed by atoms with Crippen LogP contribution in [0.3, 0.4) is 0 Å². The fourth-order valence-electron chi connectivity index (χ4n) is 2.17. The highest BCUT2D eigenvalue weighted by Crippen LogP contribution is 2.13. The van der Waals surface area contributed by atoms with E-state index in [1.807, 2.05) is 0 Å². The van der Waals surface area contributed by atoms with E-state index in [0.29, 0.717) is 23.5 Å². The number of carbonyl (C=O) groups is 2. The van der Waals surface area contributed by atoms with Crippen LogP contribution in [0.25, 0.3) is 0 Å². The van der Waals surface area contributed by atoms with Gasteiger partial charge in [0.15, 0.2) is 0 Å². The summed E-state index contributed by atoms with van der Waals surface area (Å²) in [6, 6.07) is 13.4. The first kappa shape index (κ1) is 19.5. The average molecular weight is 375 g/mol. The molecule has 0 spiro atoms. The van der Waals surface area contributed by atoms with Gasteiger partial charge in [-0.05, 0) is 42.8 Å². The molecule has 0 aliphatic heterocycles. The Kier molecular flexibility index (Phi) is 6.35. The van der Waals surface area contributed by atoms with E-state index in [1.165, 1.54) is 19.9 Å². The molecule has 0 fully saturated rings. The van der Waals surface area contributed by atoms with Crippen molar-refractivity contribution >= 4 is 33.2 Å². The number of nitrogens with one attached hydrogen (secondary N) is 3. The molecule has 0 saturated heterocycles. The highest BCUT2D eigenvalue weighted by molar-refractivity contribution is 7.92. The van der Waals surface area contributed by atoms with Crippen molar-refractivity contribution in [1.29, 1.82) is 0 Å². The second-order valence-corrected chi connectivity index (χ2v) is 7.66. The summed E-state index contributed by atoms with van der Waals surface area (Å²) in [7, 11) is -3.39. The molecule has 0 radical (unpaired) electrons. The number of rotatable bonds is 7. The molecular weight excluding hydrogens is 354 g/mol. The molecule has 0 heterocycles. The predicted octanol–water partition coefficient (Wildman–Crippen LogP) is 2.34. The lowest BCUT2D eigenvalue weighted by Gasteiger charge is -2.09. The molecule has 8 heteroatoms. The largest absolute Gasteiger partial charge is 0.348 e. The summed E-state index contributed by atoms with van der Waals surface area (Å²) < 4.78 is 25.7. The minimum Gasteiger partial charge on any atom is -0.348 e. The van der Waals surface area contributed by atoms with E-state index >= 15 is 0 Å². The standard InChI is InChI=1S/C18H21N3O4S/c1-3-26(24,25)21-17-6-4-5-15(11-17)18(23)19-12-14-7-9-16(10-8-14)20-13(2)22/h4-11,21H,3,12H2,1-2H3,(H,19,23)(H,20,22). The summed E-state index contributed by atoms with van der Waals surface area (Å²) in [6.45, 7) is 3.28. The van der Waals surface area contributed by atoms with E-state index in [9.17, 15) is 18.0 Å². The Morgan fingerprint density at radius 1 is 1.00 bits per heavy atom. The lowest BCUT2D eigenvalue weighted by Crippen LogP contribution is -2.23. The van der Waals surface area contributed by atoms with Crippen LogP contribution < -0.4 is 15.4 Å². The monoisotopic (exact) mass is 375 g/mol. The van der Waals surface area contributed by atoms with Crippen LogP contribution >= 0.6 is 0 Å². The van der Waals surface area contributed by atoms with Crippen LogP contribution in [0, 0.1) is 0 Å². The van der Waals surface area contributed by atoms with Crippen LogP contribution in [0.2, 0.25) is 0 Å². The van der Waals surface area contributed by atoms with Crippen LogP contribution in [0.1, 0.15) is 29.8 Å². The van der Waals surface area contributed by atoms with E-state index < -0.39 is 10.0 Å². The summed E-state index contributed by atoms with van der Waals surface area (Å²) in [6.07, 6.45) is 0. The summed E-state index contributed by atoms with van der Waals surface area (Å²) in [5, 5.41) is 5.45. The quantitative estimate of drug-likeness (QED) is 0.691. The summed E-state index contributed by atoms with van der Waals surface area (Å²) in [5.41, 5.74) is 2.26. The molecule has 2 amide bonds. The normalized spacial score (nSPS) is 10.8. The van der Waals surface area contributed by atoms with E-state index in [-0.39, 0.29) is 17.6 Å². The third-order valence-corrected chi connectivity index (χ3v) is 4.81. The van der Waals surface area contributed by atoms with E-state index in [0.717, 1.165) is 5.56 Å². The summed E-state index contributed by atoms with van der Waals surface area (Å²) in [5.74, 6) is -0.504. The molecule has 138 valence electrons. The van der Waals surface area contributed by atoms with Gasteiger partial charge in [0, 0.05) is 30.4 Å². The van der Waals surface area contributed by atoms with E-state index in [2.05, 4.69) is 15.4 Å². The third kappa shape index (κ3) is 5.89. The number of benzene rings is 2. The molecule has 0 aliphatic carbocycles. The maximum atomic E-state index is 12.3. The zero-order chi connectivity index (χ0) is 19.2. The Balaban J connectivity index is 1.98. The first-order valence-electron chi connectivity index (χ1n) is 8.04. The maximum absolute atomic E-state index is 12.3. The van der Waals surface area contributed by atoms with Crippen molar-refractivity contribution in [3.63, 3.8) is 0 Å². The van der Waals surface area contributed by atoms with Crippen LogP contribution in [-0.2, 0) is 21.4 Å².